The SMILES string of the molecule is Cc1cc(C)c(OCc2ccccc2)c(Pc2c(C)cccc2CNCc2ccccc2)c1. The Labute approximate surface area is 199 Å². The molecule has 4 aromatic rings. The van der Waals surface area contributed by atoms with E-state index in [-0.39, 0.29) is 0 Å². The second-order valence-electron chi connectivity index (χ2n) is 8.56. The third-order valence-electron chi connectivity index (χ3n) is 5.75. The van der Waals surface area contributed by atoms with Gasteiger partial charge in [-0.1, -0.05) is 93.5 Å². The Kier molecular flexibility index (Phi) is 7.94. The van der Waals surface area contributed by atoms with Crippen LogP contribution in [-0.4, -0.2) is 0 Å². The van der Waals surface area contributed by atoms with Crippen LogP contribution >= 0.6 is 8.58 Å². The molecule has 1 N–H and O–H groups in total. The van der Waals surface area contributed by atoms with Gasteiger partial charge in [-0.2, -0.15) is 0 Å². The maximum Gasteiger partial charge on any atom is 0.130 e. The van der Waals surface area contributed by atoms with Crippen LogP contribution in [0.1, 0.15) is 33.4 Å². The number of benzene rings is 4. The molecule has 1 atom stereocenters. The van der Waals surface area contributed by atoms with Gasteiger partial charge in [-0.25, -0.2) is 0 Å². The Hall–Kier alpha value is -2.93. The summed E-state index contributed by atoms with van der Waals surface area (Å²) in [5.74, 6) is 1.02. The normalized spacial score (nSPS) is 11.2. The Morgan fingerprint density at radius 2 is 1.39 bits per heavy atom. The van der Waals surface area contributed by atoms with E-state index in [0.29, 0.717) is 15.2 Å². The standard InChI is InChI=1S/C30H32NOP/c1-22-17-24(3)29(32-21-26-14-8-5-9-15-26)28(18-22)33-30-23(2)11-10-16-27(30)20-31-19-25-12-6-4-7-13-25/h4-18,31,33H,19-21H2,1-3H3. The highest BCUT2D eigenvalue weighted by Gasteiger charge is 2.14. The van der Waals surface area contributed by atoms with Gasteiger partial charge >= 0.3 is 0 Å². The molecule has 4 rings (SSSR count). The third kappa shape index (κ3) is 6.32. The molecular weight excluding hydrogens is 421 g/mol. The number of hydrogen-bond acceptors (Lipinski definition) is 2. The van der Waals surface area contributed by atoms with E-state index >= 15 is 0 Å². The molecule has 0 saturated heterocycles. The number of rotatable bonds is 9. The summed E-state index contributed by atoms with van der Waals surface area (Å²) < 4.78 is 6.39. The Morgan fingerprint density at radius 3 is 2.12 bits per heavy atom. The summed E-state index contributed by atoms with van der Waals surface area (Å²) in [5, 5.41) is 6.32. The van der Waals surface area contributed by atoms with Gasteiger partial charge in [0.2, 0.25) is 0 Å². The van der Waals surface area contributed by atoms with Gasteiger partial charge in [0.25, 0.3) is 0 Å². The molecule has 2 nitrogen and oxygen atoms in total. The highest BCUT2D eigenvalue weighted by Crippen LogP contribution is 2.27. The van der Waals surface area contributed by atoms with Crippen molar-refractivity contribution in [2.45, 2.75) is 40.5 Å². The minimum Gasteiger partial charge on any atom is -0.488 e. The first-order valence-corrected chi connectivity index (χ1v) is 12.5. The Morgan fingerprint density at radius 1 is 0.697 bits per heavy atom. The lowest BCUT2D eigenvalue weighted by Crippen LogP contribution is -2.21. The molecule has 3 heteroatoms. The molecule has 0 aliphatic carbocycles. The first kappa shape index (κ1) is 23.2. The van der Waals surface area contributed by atoms with Gasteiger partial charge < -0.3 is 10.1 Å². The number of aryl methyl sites for hydroxylation is 3. The van der Waals surface area contributed by atoms with Crippen LogP contribution in [0.4, 0.5) is 0 Å². The zero-order chi connectivity index (χ0) is 23.0. The lowest BCUT2D eigenvalue weighted by Gasteiger charge is -2.19. The summed E-state index contributed by atoms with van der Waals surface area (Å²) in [6.45, 7) is 8.84. The topological polar surface area (TPSA) is 21.3 Å². The van der Waals surface area contributed by atoms with E-state index < -0.39 is 0 Å². The van der Waals surface area contributed by atoms with Gasteiger partial charge in [-0.05, 0) is 65.5 Å². The predicted octanol–water partition coefficient (Wildman–Crippen LogP) is 6.11. The van der Waals surface area contributed by atoms with E-state index in [1.54, 1.807) is 0 Å². The van der Waals surface area contributed by atoms with Crippen molar-refractivity contribution in [1.82, 2.24) is 5.32 Å². The monoisotopic (exact) mass is 453 g/mol. The van der Waals surface area contributed by atoms with Gasteiger partial charge in [-0.3, -0.25) is 0 Å². The lowest BCUT2D eigenvalue weighted by atomic mass is 10.1. The predicted molar refractivity (Wildman–Crippen MR) is 142 cm³/mol. The molecule has 0 bridgehead atoms. The highest BCUT2D eigenvalue weighted by atomic mass is 31.1. The van der Waals surface area contributed by atoms with Crippen LogP contribution in [0, 0.1) is 20.8 Å². The largest absolute Gasteiger partial charge is 0.488 e. The molecule has 0 aromatic heterocycles. The van der Waals surface area contributed by atoms with Crippen LogP contribution in [0.2, 0.25) is 0 Å². The van der Waals surface area contributed by atoms with Crippen molar-refractivity contribution in [3.63, 3.8) is 0 Å². The van der Waals surface area contributed by atoms with E-state index in [1.165, 1.54) is 44.0 Å². The lowest BCUT2D eigenvalue weighted by molar-refractivity contribution is 0.307. The molecule has 0 heterocycles. The molecule has 0 radical (unpaired) electrons. The van der Waals surface area contributed by atoms with Crippen molar-refractivity contribution in [2.75, 3.05) is 0 Å². The maximum atomic E-state index is 6.39. The van der Waals surface area contributed by atoms with Crippen molar-refractivity contribution in [2.24, 2.45) is 0 Å². The molecule has 0 fully saturated rings. The maximum absolute atomic E-state index is 6.39. The quantitative estimate of drug-likeness (QED) is 0.309. The van der Waals surface area contributed by atoms with Gasteiger partial charge in [0.05, 0.1) is 0 Å². The summed E-state index contributed by atoms with van der Waals surface area (Å²) in [7, 11) is 0.546. The second-order valence-corrected chi connectivity index (χ2v) is 9.84. The zero-order valence-electron chi connectivity index (χ0n) is 19.7. The van der Waals surface area contributed by atoms with E-state index in [1.807, 2.05) is 6.07 Å². The van der Waals surface area contributed by atoms with E-state index in [2.05, 4.69) is 111 Å². The molecule has 0 aliphatic rings. The van der Waals surface area contributed by atoms with Crippen molar-refractivity contribution < 1.29 is 4.74 Å². The second kappa shape index (κ2) is 11.3. The van der Waals surface area contributed by atoms with Crippen LogP contribution in [0.5, 0.6) is 5.75 Å². The Bertz CT molecular complexity index is 1190. The average Bonchev–Trinajstić information content (AvgIpc) is 2.82. The smallest absolute Gasteiger partial charge is 0.130 e. The summed E-state index contributed by atoms with van der Waals surface area (Å²) in [6, 6.07) is 32.1. The number of ether oxygens (including phenoxy) is 1. The van der Waals surface area contributed by atoms with Crippen molar-refractivity contribution in [3.8, 4) is 5.75 Å². The molecule has 0 saturated carbocycles. The highest BCUT2D eigenvalue weighted by molar-refractivity contribution is 7.56. The van der Waals surface area contributed by atoms with Crippen LogP contribution in [-0.2, 0) is 19.7 Å². The number of nitrogens with one attached hydrogen (secondary N) is 1. The van der Waals surface area contributed by atoms with Gasteiger partial charge in [0, 0.05) is 18.4 Å². The van der Waals surface area contributed by atoms with Crippen molar-refractivity contribution >= 4 is 19.2 Å². The zero-order valence-corrected chi connectivity index (χ0v) is 20.7. The first-order chi connectivity index (χ1) is 16.1. The molecule has 1 unspecified atom stereocenters. The van der Waals surface area contributed by atoms with E-state index in [0.717, 1.165) is 18.8 Å². The fraction of sp³-hybridized carbons (Fsp3) is 0.200. The average molecular weight is 454 g/mol. The molecule has 168 valence electrons. The molecule has 4 aromatic carbocycles. The Balaban J connectivity index is 1.55. The van der Waals surface area contributed by atoms with Crippen LogP contribution < -0.4 is 20.7 Å². The third-order valence-corrected chi connectivity index (χ3v) is 7.36. The van der Waals surface area contributed by atoms with Crippen LogP contribution in [0.3, 0.4) is 0 Å². The first-order valence-electron chi connectivity index (χ1n) is 11.5. The minimum absolute atomic E-state index is 0.546. The molecule has 33 heavy (non-hydrogen) atoms. The molecule has 0 aliphatic heterocycles. The van der Waals surface area contributed by atoms with Crippen molar-refractivity contribution in [3.05, 3.63) is 124 Å². The molecule has 0 amide bonds. The van der Waals surface area contributed by atoms with Crippen LogP contribution in [0.15, 0.2) is 91.0 Å². The van der Waals surface area contributed by atoms with Gasteiger partial charge in [0.15, 0.2) is 0 Å². The van der Waals surface area contributed by atoms with E-state index in [9.17, 15) is 0 Å². The summed E-state index contributed by atoms with van der Waals surface area (Å²) in [6.07, 6.45) is 0. The van der Waals surface area contributed by atoms with Gasteiger partial charge in [-0.15, -0.1) is 0 Å². The van der Waals surface area contributed by atoms with E-state index in [4.69, 9.17) is 4.74 Å². The summed E-state index contributed by atoms with van der Waals surface area (Å²) >= 11 is 0. The molecule has 0 spiro atoms. The number of hydrogen-bond donors (Lipinski definition) is 1. The van der Waals surface area contributed by atoms with Crippen molar-refractivity contribution in [1.29, 1.82) is 0 Å². The minimum atomic E-state index is 0.546. The fourth-order valence-electron chi connectivity index (χ4n) is 4.10. The fourth-order valence-corrected chi connectivity index (χ4v) is 5.66. The van der Waals surface area contributed by atoms with Crippen LogP contribution in [0.25, 0.3) is 0 Å². The van der Waals surface area contributed by atoms with Gasteiger partial charge in [0.1, 0.15) is 12.4 Å². The summed E-state index contributed by atoms with van der Waals surface area (Å²) in [4.78, 5) is 0. The summed E-state index contributed by atoms with van der Waals surface area (Å²) in [5.41, 5.74) is 7.66. The molecular formula is C30H32NOP.